The lowest BCUT2D eigenvalue weighted by atomic mass is 9.79. The van der Waals surface area contributed by atoms with E-state index in [-0.39, 0.29) is 11.6 Å². The lowest BCUT2D eigenvalue weighted by Gasteiger charge is -2.41. The molecular weight excluding hydrogens is 421 g/mol. The highest BCUT2D eigenvalue weighted by atomic mass is 19.1. The van der Waals surface area contributed by atoms with E-state index in [4.69, 9.17) is 0 Å². The molecular formula is C24H24FN7O. The van der Waals surface area contributed by atoms with Crippen LogP contribution in [0.5, 0.6) is 0 Å². The summed E-state index contributed by atoms with van der Waals surface area (Å²) in [6, 6.07) is 9.32. The van der Waals surface area contributed by atoms with E-state index in [2.05, 4.69) is 44.4 Å². The molecule has 8 nitrogen and oxygen atoms in total. The number of imidazole rings is 1. The van der Waals surface area contributed by atoms with E-state index in [0.717, 1.165) is 29.9 Å². The fourth-order valence-electron chi connectivity index (χ4n) is 5.58. The maximum absolute atomic E-state index is 15.1. The topological polar surface area (TPSA) is 78.7 Å². The van der Waals surface area contributed by atoms with Crippen LogP contribution in [0.25, 0.3) is 16.6 Å². The van der Waals surface area contributed by atoms with E-state index in [1.54, 1.807) is 22.7 Å². The van der Waals surface area contributed by atoms with E-state index < -0.39 is 5.82 Å². The summed E-state index contributed by atoms with van der Waals surface area (Å²) in [7, 11) is 4.19. The van der Waals surface area contributed by atoms with Crippen LogP contribution >= 0.6 is 0 Å². The second-order valence-corrected chi connectivity index (χ2v) is 9.20. The van der Waals surface area contributed by atoms with Gasteiger partial charge in [0.05, 0.1) is 23.1 Å². The summed E-state index contributed by atoms with van der Waals surface area (Å²) in [5.41, 5.74) is 2.31. The molecule has 2 saturated heterocycles. The van der Waals surface area contributed by atoms with Gasteiger partial charge < -0.3 is 15.1 Å². The molecule has 0 radical (unpaired) electrons. The maximum Gasteiger partial charge on any atom is 0.258 e. The van der Waals surface area contributed by atoms with Gasteiger partial charge in [0.25, 0.3) is 5.91 Å². The summed E-state index contributed by atoms with van der Waals surface area (Å²) < 4.78 is 16.8. The minimum atomic E-state index is -0.476. The van der Waals surface area contributed by atoms with Crippen LogP contribution in [0.15, 0.2) is 42.7 Å². The fourth-order valence-corrected chi connectivity index (χ4v) is 5.58. The van der Waals surface area contributed by atoms with Crippen molar-refractivity contribution in [2.24, 2.45) is 5.92 Å². The van der Waals surface area contributed by atoms with Crippen LogP contribution in [-0.2, 0) is 0 Å². The van der Waals surface area contributed by atoms with E-state index in [1.165, 1.54) is 6.07 Å². The van der Waals surface area contributed by atoms with Gasteiger partial charge in [-0.05, 0) is 45.5 Å². The predicted octanol–water partition coefficient (Wildman–Crippen LogP) is 3.12. The monoisotopic (exact) mass is 445 g/mol. The fraction of sp³-hybridized carbons (Fsp3) is 0.333. The number of aromatic nitrogens is 4. The lowest BCUT2D eigenvalue weighted by molar-refractivity contribution is 0.102. The minimum absolute atomic E-state index is 0.266. The Morgan fingerprint density at radius 2 is 2.12 bits per heavy atom. The Labute approximate surface area is 190 Å². The standard InChI is InChI=1S/C24H24FN7O/c1-13-11-32-22(27-13)17(25)10-18(24(32)31-12-15-9-19(31)21(15)30(2)3)28-23(33)16-6-4-5-14-7-8-26-29-20(14)16/h4-8,10-11,15,19,21H,9,12H2,1-3H3,(H,28,33)/t15-,19-,21-/m1/s1. The Morgan fingerprint density at radius 3 is 2.91 bits per heavy atom. The number of hydrogen-bond acceptors (Lipinski definition) is 6. The highest BCUT2D eigenvalue weighted by molar-refractivity contribution is 6.12. The number of pyridine rings is 1. The number of carbonyl (C=O) groups excluding carboxylic acids is 1. The summed E-state index contributed by atoms with van der Waals surface area (Å²) in [4.78, 5) is 22.3. The number of rotatable bonds is 4. The molecule has 3 aromatic heterocycles. The molecule has 0 unspecified atom stereocenters. The molecule has 1 N–H and O–H groups in total. The average Bonchev–Trinajstić information content (AvgIpc) is 3.46. The van der Waals surface area contributed by atoms with Crippen molar-refractivity contribution in [1.29, 1.82) is 0 Å². The van der Waals surface area contributed by atoms with Crippen molar-refractivity contribution < 1.29 is 9.18 Å². The zero-order valence-corrected chi connectivity index (χ0v) is 18.7. The van der Waals surface area contributed by atoms with Gasteiger partial charge in [-0.15, -0.1) is 5.10 Å². The highest BCUT2D eigenvalue weighted by Gasteiger charge is 2.54. The molecule has 1 aromatic carbocycles. The van der Waals surface area contributed by atoms with Gasteiger partial charge in [0, 0.05) is 36.3 Å². The van der Waals surface area contributed by atoms with Gasteiger partial charge in [0.15, 0.2) is 11.5 Å². The Hall–Kier alpha value is -3.59. The summed E-state index contributed by atoms with van der Waals surface area (Å²) in [5.74, 6) is 0.486. The molecule has 3 aliphatic rings. The summed E-state index contributed by atoms with van der Waals surface area (Å²) in [5, 5.41) is 11.9. The third kappa shape index (κ3) is 2.99. The number of nitrogens with zero attached hydrogens (tertiary/aromatic N) is 6. The van der Waals surface area contributed by atoms with Gasteiger partial charge >= 0.3 is 0 Å². The number of hydrogen-bond donors (Lipinski definition) is 1. The number of carbonyl (C=O) groups is 1. The second kappa shape index (κ2) is 7.21. The Bertz CT molecular complexity index is 1410. The van der Waals surface area contributed by atoms with Gasteiger partial charge in [0.1, 0.15) is 11.3 Å². The molecule has 4 aromatic rings. The van der Waals surface area contributed by atoms with Crippen molar-refractivity contribution in [3.8, 4) is 0 Å². The number of benzene rings is 1. The van der Waals surface area contributed by atoms with E-state index in [9.17, 15) is 4.79 Å². The summed E-state index contributed by atoms with van der Waals surface area (Å²) >= 11 is 0. The first kappa shape index (κ1) is 20.0. The van der Waals surface area contributed by atoms with Crippen LogP contribution in [0, 0.1) is 18.7 Å². The predicted molar refractivity (Wildman–Crippen MR) is 124 cm³/mol. The van der Waals surface area contributed by atoms with Crippen molar-refractivity contribution >= 4 is 34.0 Å². The first-order valence-electron chi connectivity index (χ1n) is 11.1. The third-order valence-corrected chi connectivity index (χ3v) is 6.94. The quantitative estimate of drug-likeness (QED) is 0.520. The van der Waals surface area contributed by atoms with Crippen LogP contribution in [0.2, 0.25) is 0 Å². The van der Waals surface area contributed by atoms with Gasteiger partial charge in [-0.2, -0.15) is 5.10 Å². The van der Waals surface area contributed by atoms with Crippen LogP contribution < -0.4 is 10.2 Å². The zero-order chi connectivity index (χ0) is 22.9. The molecule has 0 spiro atoms. The molecule has 168 valence electrons. The van der Waals surface area contributed by atoms with Crippen molar-refractivity contribution in [1.82, 2.24) is 24.5 Å². The van der Waals surface area contributed by atoms with Crippen molar-refractivity contribution in [2.75, 3.05) is 30.9 Å². The highest BCUT2D eigenvalue weighted by Crippen LogP contribution is 2.47. The van der Waals surface area contributed by atoms with Crippen molar-refractivity contribution in [3.05, 3.63) is 59.8 Å². The minimum Gasteiger partial charge on any atom is -0.351 e. The molecule has 5 heterocycles. The van der Waals surface area contributed by atoms with Crippen molar-refractivity contribution in [3.63, 3.8) is 0 Å². The largest absolute Gasteiger partial charge is 0.351 e. The molecule has 2 aliphatic heterocycles. The van der Waals surface area contributed by atoms with Gasteiger partial charge in [-0.25, -0.2) is 9.37 Å². The molecule has 9 heteroatoms. The van der Waals surface area contributed by atoms with E-state index >= 15 is 4.39 Å². The molecule has 33 heavy (non-hydrogen) atoms. The van der Waals surface area contributed by atoms with Crippen LogP contribution in [0.4, 0.5) is 15.9 Å². The number of halogens is 1. The molecule has 3 fully saturated rings. The lowest BCUT2D eigenvalue weighted by Crippen LogP contribution is -2.52. The maximum atomic E-state index is 15.1. The van der Waals surface area contributed by atoms with Gasteiger partial charge in [-0.1, -0.05) is 12.1 Å². The molecule has 3 atom stereocenters. The van der Waals surface area contributed by atoms with Gasteiger partial charge in [0.2, 0.25) is 0 Å². The average molecular weight is 446 g/mol. The number of amides is 1. The molecule has 2 bridgehead atoms. The first-order chi connectivity index (χ1) is 15.9. The van der Waals surface area contributed by atoms with E-state index in [1.807, 2.05) is 25.3 Å². The molecule has 1 saturated carbocycles. The van der Waals surface area contributed by atoms with Gasteiger partial charge in [-0.3, -0.25) is 9.20 Å². The van der Waals surface area contributed by atoms with E-state index in [0.29, 0.717) is 34.8 Å². The normalized spacial score (nSPS) is 21.7. The Morgan fingerprint density at radius 1 is 1.27 bits per heavy atom. The second-order valence-electron chi connectivity index (χ2n) is 9.20. The van der Waals surface area contributed by atoms with Crippen molar-refractivity contribution in [2.45, 2.75) is 25.4 Å². The number of anilines is 2. The smallest absolute Gasteiger partial charge is 0.258 e. The zero-order valence-electron chi connectivity index (χ0n) is 18.7. The number of aryl methyl sites for hydroxylation is 1. The van der Waals surface area contributed by atoms with Crippen LogP contribution in [0.3, 0.4) is 0 Å². The Kier molecular flexibility index (Phi) is 4.38. The summed E-state index contributed by atoms with van der Waals surface area (Å²) in [6.45, 7) is 2.70. The van der Waals surface area contributed by atoms with Crippen LogP contribution in [-0.4, -0.2) is 63.1 Å². The molecule has 1 amide bonds. The molecule has 7 rings (SSSR count). The SMILES string of the molecule is Cc1cn2c(N3C[C@H]4C[C@@H]3[C@@H]4N(C)C)c(NC(=O)c3cccc4ccnnc34)cc(F)c2n1. The Balaban J connectivity index is 1.46. The number of nitrogens with one attached hydrogen (secondary N) is 1. The first-order valence-corrected chi connectivity index (χ1v) is 11.1. The number of likely N-dealkylation sites (N-methyl/N-ethyl adjacent to an activating group) is 1. The number of fused-ring (bicyclic) bond motifs is 3. The van der Waals surface area contributed by atoms with Crippen LogP contribution in [0.1, 0.15) is 22.5 Å². The molecule has 1 aliphatic carbocycles. The third-order valence-electron chi connectivity index (χ3n) is 6.94. The summed E-state index contributed by atoms with van der Waals surface area (Å²) in [6.07, 6.45) is 4.50.